The van der Waals surface area contributed by atoms with Gasteiger partial charge < -0.3 is 4.74 Å². The fraction of sp³-hybridized carbons (Fsp3) is 0.263. The summed E-state index contributed by atoms with van der Waals surface area (Å²) in [5.41, 5.74) is 4.41. The molecule has 2 aromatic carbocycles. The lowest BCUT2D eigenvalue weighted by molar-refractivity contribution is -0.123. The molecule has 0 unspecified atom stereocenters. The molecule has 132 valence electrons. The Morgan fingerprint density at radius 3 is 2.40 bits per heavy atom. The number of hydrogen-bond acceptors (Lipinski definition) is 3. The topological polar surface area (TPSA) is 50.7 Å². The Bertz CT molecular complexity index is 766. The molecule has 4 nitrogen and oxygen atoms in total. The van der Waals surface area contributed by atoms with E-state index in [0.717, 1.165) is 5.56 Å². The minimum atomic E-state index is -0.351. The van der Waals surface area contributed by atoms with E-state index in [-0.39, 0.29) is 17.9 Å². The van der Waals surface area contributed by atoms with E-state index in [9.17, 15) is 4.79 Å². The van der Waals surface area contributed by atoms with Crippen LogP contribution in [-0.2, 0) is 10.2 Å². The van der Waals surface area contributed by atoms with Gasteiger partial charge in [-0.3, -0.25) is 4.79 Å². The van der Waals surface area contributed by atoms with Crippen LogP contribution >= 0.6 is 23.2 Å². The van der Waals surface area contributed by atoms with Crippen molar-refractivity contribution in [2.45, 2.75) is 26.2 Å². The molecule has 0 spiro atoms. The zero-order chi connectivity index (χ0) is 18.4. The second kappa shape index (κ2) is 8.37. The number of nitrogens with zero attached hydrogens (tertiary/aromatic N) is 1. The fourth-order valence-corrected chi connectivity index (χ4v) is 2.31. The van der Waals surface area contributed by atoms with Gasteiger partial charge in [0.05, 0.1) is 16.3 Å². The van der Waals surface area contributed by atoms with E-state index in [0.29, 0.717) is 15.8 Å². The molecule has 6 heteroatoms. The Hall–Kier alpha value is -2.04. The average Bonchev–Trinajstić information content (AvgIpc) is 2.56. The summed E-state index contributed by atoms with van der Waals surface area (Å²) in [5, 5.41) is 4.76. The molecular weight excluding hydrogens is 359 g/mol. The van der Waals surface area contributed by atoms with Crippen LogP contribution in [0.15, 0.2) is 47.6 Å². The van der Waals surface area contributed by atoms with Gasteiger partial charge in [-0.1, -0.05) is 62.2 Å². The van der Waals surface area contributed by atoms with E-state index in [1.807, 2.05) is 24.3 Å². The Kier molecular flexibility index (Phi) is 6.45. The number of hydrogen-bond donors (Lipinski definition) is 1. The van der Waals surface area contributed by atoms with E-state index < -0.39 is 0 Å². The van der Waals surface area contributed by atoms with Gasteiger partial charge in [-0.15, -0.1) is 0 Å². The minimum absolute atomic E-state index is 0.0786. The van der Waals surface area contributed by atoms with Crippen LogP contribution in [0.2, 0.25) is 10.0 Å². The average molecular weight is 379 g/mol. The Morgan fingerprint density at radius 2 is 1.80 bits per heavy atom. The number of hydrazone groups is 1. The van der Waals surface area contributed by atoms with E-state index in [2.05, 4.69) is 31.3 Å². The molecule has 1 amide bonds. The van der Waals surface area contributed by atoms with Crippen LogP contribution < -0.4 is 10.2 Å². The molecule has 0 aliphatic heterocycles. The monoisotopic (exact) mass is 378 g/mol. The highest BCUT2D eigenvalue weighted by Gasteiger charge is 2.13. The number of halogens is 2. The maximum atomic E-state index is 11.8. The normalized spacial score (nSPS) is 11.6. The second-order valence-corrected chi connectivity index (χ2v) is 7.34. The summed E-state index contributed by atoms with van der Waals surface area (Å²) in [6, 6.07) is 12.8. The molecule has 0 atom stereocenters. The molecule has 0 aromatic heterocycles. The molecule has 1 N–H and O–H groups in total. The van der Waals surface area contributed by atoms with Gasteiger partial charge in [-0.2, -0.15) is 5.10 Å². The molecule has 2 aromatic rings. The van der Waals surface area contributed by atoms with Gasteiger partial charge in [-0.25, -0.2) is 5.43 Å². The first-order valence-electron chi connectivity index (χ1n) is 7.76. The molecule has 0 radical (unpaired) electrons. The van der Waals surface area contributed by atoms with Gasteiger partial charge in [0.1, 0.15) is 5.75 Å². The summed E-state index contributed by atoms with van der Waals surface area (Å²) in [4.78, 5) is 11.8. The van der Waals surface area contributed by atoms with Crippen molar-refractivity contribution in [1.29, 1.82) is 0 Å². The number of benzene rings is 2. The minimum Gasteiger partial charge on any atom is -0.484 e. The van der Waals surface area contributed by atoms with Crippen LogP contribution in [-0.4, -0.2) is 18.7 Å². The summed E-state index contributed by atoms with van der Waals surface area (Å²) in [6.45, 7) is 6.31. The predicted octanol–water partition coefficient (Wildman–Crippen LogP) is 4.82. The lowest BCUT2D eigenvalue weighted by Crippen LogP contribution is -2.24. The molecule has 2 rings (SSSR count). The van der Waals surface area contributed by atoms with Crippen molar-refractivity contribution in [3.05, 3.63) is 63.6 Å². The van der Waals surface area contributed by atoms with Gasteiger partial charge in [0.25, 0.3) is 5.91 Å². The molecule has 0 aliphatic carbocycles. The highest BCUT2D eigenvalue weighted by atomic mass is 35.5. The lowest BCUT2D eigenvalue weighted by atomic mass is 9.87. The predicted molar refractivity (Wildman–Crippen MR) is 103 cm³/mol. The molecule has 25 heavy (non-hydrogen) atoms. The highest BCUT2D eigenvalue weighted by Crippen LogP contribution is 2.24. The number of nitrogens with one attached hydrogen (secondary N) is 1. The van der Waals surface area contributed by atoms with Crippen LogP contribution in [0.3, 0.4) is 0 Å². The zero-order valence-electron chi connectivity index (χ0n) is 14.3. The van der Waals surface area contributed by atoms with Crippen LogP contribution in [0, 0.1) is 0 Å². The summed E-state index contributed by atoms with van der Waals surface area (Å²) in [5.74, 6) is 0.285. The van der Waals surface area contributed by atoms with Gasteiger partial charge in [-0.05, 0) is 40.8 Å². The van der Waals surface area contributed by atoms with Crippen molar-refractivity contribution in [3.8, 4) is 5.75 Å². The third-order valence-corrected chi connectivity index (χ3v) is 4.18. The second-order valence-electron chi connectivity index (χ2n) is 6.53. The standard InChI is InChI=1S/C19H20Cl2N2O2/c1-19(2,3)14-5-7-15(8-6-14)25-12-18(24)23-22-11-13-4-9-16(20)17(21)10-13/h4-11H,12H2,1-3H3,(H,23,24)/b22-11-. The largest absolute Gasteiger partial charge is 0.484 e. The molecule has 0 saturated heterocycles. The van der Waals surface area contributed by atoms with E-state index in [1.54, 1.807) is 18.2 Å². The number of carbonyl (C=O) groups is 1. The van der Waals surface area contributed by atoms with Crippen molar-refractivity contribution in [2.24, 2.45) is 5.10 Å². The number of ether oxygens (including phenoxy) is 1. The molecule has 0 fully saturated rings. The van der Waals surface area contributed by atoms with Crippen molar-refractivity contribution in [2.75, 3.05) is 6.61 Å². The van der Waals surface area contributed by atoms with Gasteiger partial charge >= 0.3 is 0 Å². The van der Waals surface area contributed by atoms with Crippen molar-refractivity contribution >= 4 is 35.3 Å². The first-order chi connectivity index (χ1) is 11.8. The van der Waals surface area contributed by atoms with Crippen LogP contribution in [0.25, 0.3) is 0 Å². The molecule has 0 aliphatic rings. The van der Waals surface area contributed by atoms with E-state index in [1.165, 1.54) is 11.8 Å². The Labute approximate surface area is 157 Å². The van der Waals surface area contributed by atoms with E-state index in [4.69, 9.17) is 27.9 Å². The molecule has 0 saturated carbocycles. The summed E-state index contributed by atoms with van der Waals surface area (Å²) in [6.07, 6.45) is 1.48. The Balaban J connectivity index is 1.82. The van der Waals surface area contributed by atoms with Crippen molar-refractivity contribution in [1.82, 2.24) is 5.43 Å². The van der Waals surface area contributed by atoms with Crippen LogP contribution in [0.4, 0.5) is 0 Å². The molecule has 0 bridgehead atoms. The van der Waals surface area contributed by atoms with Gasteiger partial charge in [0.15, 0.2) is 6.61 Å². The van der Waals surface area contributed by atoms with Gasteiger partial charge in [0, 0.05) is 0 Å². The lowest BCUT2D eigenvalue weighted by Gasteiger charge is -2.19. The van der Waals surface area contributed by atoms with Gasteiger partial charge in [0.2, 0.25) is 0 Å². The summed E-state index contributed by atoms with van der Waals surface area (Å²) in [7, 11) is 0. The van der Waals surface area contributed by atoms with E-state index >= 15 is 0 Å². The third kappa shape index (κ3) is 6.07. The number of carbonyl (C=O) groups excluding carboxylic acids is 1. The summed E-state index contributed by atoms with van der Waals surface area (Å²) < 4.78 is 5.45. The smallest absolute Gasteiger partial charge is 0.277 e. The SMILES string of the molecule is CC(C)(C)c1ccc(OCC(=O)N/N=C\c2ccc(Cl)c(Cl)c2)cc1. The van der Waals surface area contributed by atoms with Crippen molar-refractivity contribution < 1.29 is 9.53 Å². The first-order valence-corrected chi connectivity index (χ1v) is 8.51. The Morgan fingerprint density at radius 1 is 1.12 bits per heavy atom. The third-order valence-electron chi connectivity index (χ3n) is 3.44. The van der Waals surface area contributed by atoms with Crippen LogP contribution in [0.1, 0.15) is 31.9 Å². The maximum Gasteiger partial charge on any atom is 0.277 e. The maximum absolute atomic E-state index is 11.8. The first kappa shape index (κ1) is 19.3. The quantitative estimate of drug-likeness (QED) is 0.598. The van der Waals surface area contributed by atoms with Crippen LogP contribution in [0.5, 0.6) is 5.75 Å². The fourth-order valence-electron chi connectivity index (χ4n) is 2.00. The summed E-state index contributed by atoms with van der Waals surface area (Å²) >= 11 is 11.7. The number of rotatable bonds is 5. The molecule has 0 heterocycles. The zero-order valence-corrected chi connectivity index (χ0v) is 15.9. The highest BCUT2D eigenvalue weighted by molar-refractivity contribution is 6.42. The molecular formula is C19H20Cl2N2O2. The number of amides is 1. The van der Waals surface area contributed by atoms with Crippen molar-refractivity contribution in [3.63, 3.8) is 0 Å².